The van der Waals surface area contributed by atoms with Crippen LogP contribution in [0.2, 0.25) is 5.02 Å². The van der Waals surface area contributed by atoms with Crippen LogP contribution in [0.25, 0.3) is 0 Å². The monoisotopic (exact) mass is 222 g/mol. The van der Waals surface area contributed by atoms with Gasteiger partial charge >= 0.3 is 0 Å². The summed E-state index contributed by atoms with van der Waals surface area (Å²) in [5.74, 6) is 0. The summed E-state index contributed by atoms with van der Waals surface area (Å²) in [5, 5.41) is 10.3. The highest BCUT2D eigenvalue weighted by Gasteiger charge is 2.10. The summed E-state index contributed by atoms with van der Waals surface area (Å²) in [4.78, 5) is 0. The number of rotatable bonds is 2. The maximum atomic E-state index is 9.51. The quantitative estimate of drug-likeness (QED) is 0.761. The molecule has 0 saturated carbocycles. The summed E-state index contributed by atoms with van der Waals surface area (Å²) in [5.41, 5.74) is 2.55. The van der Waals surface area contributed by atoms with E-state index in [2.05, 4.69) is 6.07 Å². The van der Waals surface area contributed by atoms with Crippen molar-refractivity contribution in [2.24, 2.45) is 0 Å². The van der Waals surface area contributed by atoms with Crippen LogP contribution in [0.15, 0.2) is 35.9 Å². The first-order valence-electron chi connectivity index (χ1n) is 5.36. The first-order chi connectivity index (χ1) is 7.24. The average molecular weight is 223 g/mol. The van der Waals surface area contributed by atoms with Gasteiger partial charge < -0.3 is 5.11 Å². The van der Waals surface area contributed by atoms with Crippen molar-refractivity contribution < 1.29 is 5.11 Å². The van der Waals surface area contributed by atoms with E-state index >= 15 is 0 Å². The molecular formula is C13H15ClO. The fraction of sp³-hybridized carbons (Fsp3) is 0.385. The Hall–Kier alpha value is -0.790. The van der Waals surface area contributed by atoms with Gasteiger partial charge in [0, 0.05) is 5.02 Å². The van der Waals surface area contributed by atoms with Crippen LogP contribution in [0.3, 0.4) is 0 Å². The molecule has 1 aromatic rings. The first-order valence-corrected chi connectivity index (χ1v) is 5.74. The fourth-order valence-corrected chi connectivity index (χ4v) is 2.25. The number of halogens is 1. The third kappa shape index (κ3) is 3.08. The molecule has 1 aliphatic rings. The minimum Gasteiger partial charge on any atom is -0.389 e. The van der Waals surface area contributed by atoms with Crippen molar-refractivity contribution in [1.82, 2.24) is 0 Å². The number of aliphatic hydroxyl groups excluding tert-OH is 1. The van der Waals surface area contributed by atoms with Crippen LogP contribution in [0.5, 0.6) is 0 Å². The molecule has 0 bridgehead atoms. The van der Waals surface area contributed by atoms with Crippen molar-refractivity contribution in [1.29, 1.82) is 0 Å². The van der Waals surface area contributed by atoms with Crippen LogP contribution < -0.4 is 0 Å². The summed E-state index contributed by atoms with van der Waals surface area (Å²) in [6.07, 6.45) is 5.76. The minimum absolute atomic E-state index is 0.243. The van der Waals surface area contributed by atoms with Gasteiger partial charge in [0.15, 0.2) is 0 Å². The number of allylic oxidation sites excluding steroid dienone is 1. The number of hydrogen-bond acceptors (Lipinski definition) is 1. The molecule has 15 heavy (non-hydrogen) atoms. The molecule has 1 N–H and O–H groups in total. The molecule has 2 rings (SSSR count). The molecule has 0 aliphatic heterocycles. The summed E-state index contributed by atoms with van der Waals surface area (Å²) >= 11 is 5.92. The molecule has 2 heteroatoms. The molecule has 1 unspecified atom stereocenters. The third-order valence-corrected chi connectivity index (χ3v) is 2.98. The largest absolute Gasteiger partial charge is 0.389 e. The molecule has 0 aromatic heterocycles. The molecule has 1 nitrogen and oxygen atoms in total. The topological polar surface area (TPSA) is 20.2 Å². The standard InChI is InChI=1S/C13H15ClO/c14-12-5-1-3-10(8-12)7-11-4-2-6-13(15)9-11/h1,3,5,8-9,13,15H,2,4,6-7H2. The Balaban J connectivity index is 2.08. The van der Waals surface area contributed by atoms with Crippen LogP contribution in [-0.2, 0) is 6.42 Å². The summed E-state index contributed by atoms with van der Waals surface area (Å²) < 4.78 is 0. The lowest BCUT2D eigenvalue weighted by Gasteiger charge is -2.17. The Morgan fingerprint density at radius 2 is 2.27 bits per heavy atom. The average Bonchev–Trinajstić information content (AvgIpc) is 2.17. The van der Waals surface area contributed by atoms with Crippen LogP contribution in [0.4, 0.5) is 0 Å². The predicted molar refractivity (Wildman–Crippen MR) is 63.1 cm³/mol. The van der Waals surface area contributed by atoms with Gasteiger partial charge in [-0.3, -0.25) is 0 Å². The van der Waals surface area contributed by atoms with Crippen LogP contribution in [-0.4, -0.2) is 11.2 Å². The molecule has 0 amide bonds. The Bertz CT molecular complexity index is 371. The normalized spacial score (nSPS) is 21.2. The van der Waals surface area contributed by atoms with Gasteiger partial charge in [-0.2, -0.15) is 0 Å². The van der Waals surface area contributed by atoms with Crippen molar-refractivity contribution in [3.05, 3.63) is 46.5 Å². The summed E-state index contributed by atoms with van der Waals surface area (Å²) in [6, 6.07) is 7.92. The van der Waals surface area contributed by atoms with Gasteiger partial charge in [-0.05, 0) is 43.4 Å². The van der Waals surface area contributed by atoms with E-state index < -0.39 is 0 Å². The first kappa shape index (κ1) is 10.7. The third-order valence-electron chi connectivity index (χ3n) is 2.75. The van der Waals surface area contributed by atoms with Crippen molar-refractivity contribution in [3.8, 4) is 0 Å². The highest BCUT2D eigenvalue weighted by Crippen LogP contribution is 2.22. The van der Waals surface area contributed by atoms with Crippen LogP contribution in [0.1, 0.15) is 24.8 Å². The second-order valence-electron chi connectivity index (χ2n) is 4.09. The van der Waals surface area contributed by atoms with Crippen molar-refractivity contribution in [2.75, 3.05) is 0 Å². The SMILES string of the molecule is OC1C=C(Cc2cccc(Cl)c2)CCC1. The lowest BCUT2D eigenvalue weighted by atomic mass is 9.93. The molecule has 0 heterocycles. The Kier molecular flexibility index (Phi) is 3.45. The van der Waals surface area contributed by atoms with Gasteiger partial charge in [0.05, 0.1) is 6.10 Å². The fourth-order valence-electron chi connectivity index (χ4n) is 2.03. The molecule has 0 saturated heterocycles. The predicted octanol–water partition coefficient (Wildman–Crippen LogP) is 3.35. The molecule has 1 atom stereocenters. The van der Waals surface area contributed by atoms with Crippen LogP contribution >= 0.6 is 11.6 Å². The van der Waals surface area contributed by atoms with E-state index in [-0.39, 0.29) is 6.10 Å². The van der Waals surface area contributed by atoms with E-state index in [4.69, 9.17) is 11.6 Å². The molecule has 0 fully saturated rings. The van der Waals surface area contributed by atoms with E-state index in [0.29, 0.717) is 0 Å². The molecule has 80 valence electrons. The molecule has 1 aliphatic carbocycles. The van der Waals surface area contributed by atoms with Gasteiger partial charge in [-0.25, -0.2) is 0 Å². The van der Waals surface area contributed by atoms with Crippen molar-refractivity contribution in [2.45, 2.75) is 31.8 Å². The number of hydrogen-bond donors (Lipinski definition) is 1. The maximum Gasteiger partial charge on any atom is 0.0723 e. The highest BCUT2D eigenvalue weighted by atomic mass is 35.5. The van der Waals surface area contributed by atoms with E-state index in [1.165, 1.54) is 11.1 Å². The second kappa shape index (κ2) is 4.82. The van der Waals surface area contributed by atoms with Gasteiger partial charge in [0.2, 0.25) is 0 Å². The zero-order valence-corrected chi connectivity index (χ0v) is 9.37. The van der Waals surface area contributed by atoms with Crippen LogP contribution in [0, 0.1) is 0 Å². The lowest BCUT2D eigenvalue weighted by Crippen LogP contribution is -2.10. The van der Waals surface area contributed by atoms with E-state index in [9.17, 15) is 5.11 Å². The van der Waals surface area contributed by atoms with Gasteiger partial charge in [0.25, 0.3) is 0 Å². The maximum absolute atomic E-state index is 9.51. The molecule has 1 aromatic carbocycles. The van der Waals surface area contributed by atoms with Gasteiger partial charge in [-0.15, -0.1) is 0 Å². The van der Waals surface area contributed by atoms with E-state index in [1.807, 2.05) is 24.3 Å². The Morgan fingerprint density at radius 3 is 3.00 bits per heavy atom. The van der Waals surface area contributed by atoms with Gasteiger partial charge in [0.1, 0.15) is 0 Å². The Morgan fingerprint density at radius 1 is 1.40 bits per heavy atom. The molecule has 0 spiro atoms. The van der Waals surface area contributed by atoms with Gasteiger partial charge in [-0.1, -0.05) is 35.4 Å². The zero-order valence-electron chi connectivity index (χ0n) is 8.62. The van der Waals surface area contributed by atoms with E-state index in [0.717, 1.165) is 30.7 Å². The van der Waals surface area contributed by atoms with Crippen molar-refractivity contribution >= 4 is 11.6 Å². The second-order valence-corrected chi connectivity index (χ2v) is 4.53. The highest BCUT2D eigenvalue weighted by molar-refractivity contribution is 6.30. The lowest BCUT2D eigenvalue weighted by molar-refractivity contribution is 0.202. The Labute approximate surface area is 95.4 Å². The molecular weight excluding hydrogens is 208 g/mol. The summed E-state index contributed by atoms with van der Waals surface area (Å²) in [6.45, 7) is 0. The molecule has 0 radical (unpaired) electrons. The number of aliphatic hydroxyl groups is 1. The van der Waals surface area contributed by atoms with Crippen molar-refractivity contribution in [3.63, 3.8) is 0 Å². The smallest absolute Gasteiger partial charge is 0.0723 e. The minimum atomic E-state index is -0.243. The van der Waals surface area contributed by atoms with E-state index in [1.54, 1.807) is 0 Å². The number of benzene rings is 1. The zero-order chi connectivity index (χ0) is 10.7. The summed E-state index contributed by atoms with van der Waals surface area (Å²) in [7, 11) is 0.